The van der Waals surface area contributed by atoms with E-state index in [-0.39, 0.29) is 11.7 Å². The van der Waals surface area contributed by atoms with Crippen LogP contribution >= 0.6 is 0 Å². The van der Waals surface area contributed by atoms with Crippen LogP contribution in [0.1, 0.15) is 5.56 Å². The van der Waals surface area contributed by atoms with Gasteiger partial charge < -0.3 is 11.1 Å². The quantitative estimate of drug-likeness (QED) is 0.888. The van der Waals surface area contributed by atoms with Crippen LogP contribution in [0.2, 0.25) is 0 Å². The molecule has 0 bridgehead atoms. The number of nitrogens with two attached hydrogens (primary N) is 1. The summed E-state index contributed by atoms with van der Waals surface area (Å²) in [5, 5.41) is 2.69. The van der Waals surface area contributed by atoms with Crippen LogP contribution in [0, 0.1) is 5.82 Å². The standard InChI is InChI=1S/C15H15FN2O2S/c16-12-5-7-13(8-6-12)21(20)10-15(19)18-14-4-2-1-3-11(14)9-17/h1-8H,9-10,17H2,(H,18,19). The molecule has 4 nitrogen and oxygen atoms in total. The molecule has 0 heterocycles. The molecule has 110 valence electrons. The van der Waals surface area contributed by atoms with Gasteiger partial charge >= 0.3 is 0 Å². The van der Waals surface area contributed by atoms with Crippen LogP contribution in [-0.2, 0) is 22.1 Å². The Balaban J connectivity index is 2.01. The van der Waals surface area contributed by atoms with Crippen LogP contribution in [0.5, 0.6) is 0 Å². The van der Waals surface area contributed by atoms with E-state index >= 15 is 0 Å². The van der Waals surface area contributed by atoms with Gasteiger partial charge in [0.15, 0.2) is 0 Å². The van der Waals surface area contributed by atoms with Crippen molar-refractivity contribution in [3.05, 3.63) is 59.9 Å². The van der Waals surface area contributed by atoms with Crippen LogP contribution in [0.15, 0.2) is 53.4 Å². The predicted octanol–water partition coefficient (Wildman–Crippen LogP) is 2.03. The van der Waals surface area contributed by atoms with E-state index in [1.54, 1.807) is 12.1 Å². The first kappa shape index (κ1) is 15.3. The average Bonchev–Trinajstić information content (AvgIpc) is 2.48. The summed E-state index contributed by atoms with van der Waals surface area (Å²) in [6, 6.07) is 12.4. The van der Waals surface area contributed by atoms with Crippen molar-refractivity contribution in [3.8, 4) is 0 Å². The van der Waals surface area contributed by atoms with Crippen molar-refractivity contribution in [1.29, 1.82) is 0 Å². The Morgan fingerprint density at radius 2 is 1.81 bits per heavy atom. The van der Waals surface area contributed by atoms with Crippen LogP contribution in [0.3, 0.4) is 0 Å². The van der Waals surface area contributed by atoms with E-state index in [4.69, 9.17) is 5.73 Å². The summed E-state index contributed by atoms with van der Waals surface area (Å²) in [5.74, 6) is -0.972. The van der Waals surface area contributed by atoms with Gasteiger partial charge in [-0.05, 0) is 35.9 Å². The molecule has 0 aliphatic carbocycles. The van der Waals surface area contributed by atoms with Gasteiger partial charge in [0.1, 0.15) is 11.6 Å². The highest BCUT2D eigenvalue weighted by molar-refractivity contribution is 7.85. The number of benzene rings is 2. The zero-order valence-electron chi connectivity index (χ0n) is 11.2. The van der Waals surface area contributed by atoms with E-state index in [0.29, 0.717) is 17.1 Å². The average molecular weight is 306 g/mol. The van der Waals surface area contributed by atoms with Crippen molar-refractivity contribution in [2.45, 2.75) is 11.4 Å². The molecular weight excluding hydrogens is 291 g/mol. The van der Waals surface area contributed by atoms with E-state index < -0.39 is 16.6 Å². The number of carbonyl (C=O) groups is 1. The molecule has 0 fully saturated rings. The van der Waals surface area contributed by atoms with Gasteiger partial charge in [-0.3, -0.25) is 9.00 Å². The van der Waals surface area contributed by atoms with E-state index in [0.717, 1.165) is 5.56 Å². The van der Waals surface area contributed by atoms with Gasteiger partial charge in [0.2, 0.25) is 5.91 Å². The summed E-state index contributed by atoms with van der Waals surface area (Å²) in [4.78, 5) is 12.3. The fourth-order valence-corrected chi connectivity index (χ4v) is 2.71. The van der Waals surface area contributed by atoms with Crippen molar-refractivity contribution in [3.63, 3.8) is 0 Å². The van der Waals surface area contributed by atoms with Gasteiger partial charge in [-0.15, -0.1) is 0 Å². The molecule has 6 heteroatoms. The number of carbonyl (C=O) groups excluding carboxylic acids is 1. The number of hydrogen-bond donors (Lipinski definition) is 2. The Kier molecular flexibility index (Phi) is 5.19. The zero-order chi connectivity index (χ0) is 15.2. The maximum absolute atomic E-state index is 12.8. The highest BCUT2D eigenvalue weighted by Gasteiger charge is 2.11. The molecular formula is C15H15FN2O2S. The molecule has 1 amide bonds. The molecule has 0 spiro atoms. The summed E-state index contributed by atoms with van der Waals surface area (Å²) in [5.41, 5.74) is 7.00. The van der Waals surface area contributed by atoms with Gasteiger partial charge in [0, 0.05) is 17.1 Å². The first-order valence-corrected chi connectivity index (χ1v) is 7.64. The monoisotopic (exact) mass is 306 g/mol. The number of rotatable bonds is 5. The van der Waals surface area contributed by atoms with Gasteiger partial charge in [-0.1, -0.05) is 18.2 Å². The van der Waals surface area contributed by atoms with E-state index in [1.165, 1.54) is 24.3 Å². The highest BCUT2D eigenvalue weighted by atomic mass is 32.2. The number of amides is 1. The lowest BCUT2D eigenvalue weighted by Crippen LogP contribution is -2.20. The molecule has 0 aromatic heterocycles. The Labute approximate surface area is 124 Å². The summed E-state index contributed by atoms with van der Waals surface area (Å²) in [6.45, 7) is 0.303. The first-order valence-electron chi connectivity index (χ1n) is 6.32. The molecule has 0 aliphatic heterocycles. The molecule has 1 atom stereocenters. The second-order valence-electron chi connectivity index (χ2n) is 4.35. The predicted molar refractivity (Wildman–Crippen MR) is 80.6 cm³/mol. The van der Waals surface area contributed by atoms with E-state index in [2.05, 4.69) is 5.32 Å². The molecule has 0 aliphatic rings. The smallest absolute Gasteiger partial charge is 0.237 e. The minimum absolute atomic E-state index is 0.190. The van der Waals surface area contributed by atoms with Crippen molar-refractivity contribution >= 4 is 22.4 Å². The molecule has 0 saturated carbocycles. The Bertz CT molecular complexity index is 659. The Hall–Kier alpha value is -2.05. The Morgan fingerprint density at radius 1 is 1.14 bits per heavy atom. The van der Waals surface area contributed by atoms with Gasteiger partial charge in [-0.25, -0.2) is 4.39 Å². The second kappa shape index (κ2) is 7.10. The molecule has 1 unspecified atom stereocenters. The molecule has 2 aromatic rings. The fourth-order valence-electron chi connectivity index (χ4n) is 1.80. The van der Waals surface area contributed by atoms with Crippen LogP contribution in [-0.4, -0.2) is 15.9 Å². The third-order valence-electron chi connectivity index (χ3n) is 2.85. The van der Waals surface area contributed by atoms with Crippen LogP contribution in [0.25, 0.3) is 0 Å². The highest BCUT2D eigenvalue weighted by Crippen LogP contribution is 2.14. The number of hydrogen-bond acceptors (Lipinski definition) is 3. The largest absolute Gasteiger partial charge is 0.326 e. The Morgan fingerprint density at radius 3 is 2.48 bits per heavy atom. The van der Waals surface area contributed by atoms with Crippen molar-refractivity contribution in [2.24, 2.45) is 5.73 Å². The topological polar surface area (TPSA) is 72.2 Å². The van der Waals surface area contributed by atoms with Gasteiger partial charge in [0.25, 0.3) is 0 Å². The fraction of sp³-hybridized carbons (Fsp3) is 0.133. The third-order valence-corrected chi connectivity index (χ3v) is 4.17. The molecule has 2 rings (SSSR count). The van der Waals surface area contributed by atoms with E-state index in [1.807, 2.05) is 12.1 Å². The number of anilines is 1. The summed E-state index contributed by atoms with van der Waals surface area (Å²) in [7, 11) is -1.51. The normalized spacial score (nSPS) is 11.9. The van der Waals surface area contributed by atoms with Crippen LogP contribution in [0.4, 0.5) is 10.1 Å². The third kappa shape index (κ3) is 4.21. The molecule has 21 heavy (non-hydrogen) atoms. The number of halogens is 1. The van der Waals surface area contributed by atoms with Gasteiger partial charge in [-0.2, -0.15) is 0 Å². The molecule has 0 saturated heterocycles. The minimum Gasteiger partial charge on any atom is -0.326 e. The van der Waals surface area contributed by atoms with Crippen molar-refractivity contribution < 1.29 is 13.4 Å². The number of para-hydroxylation sites is 1. The zero-order valence-corrected chi connectivity index (χ0v) is 12.0. The minimum atomic E-state index is -1.51. The summed E-state index contributed by atoms with van der Waals surface area (Å²) in [6.07, 6.45) is 0. The maximum Gasteiger partial charge on any atom is 0.237 e. The summed E-state index contributed by atoms with van der Waals surface area (Å²) < 4.78 is 24.8. The first-order chi connectivity index (χ1) is 10.1. The molecule has 0 radical (unpaired) electrons. The van der Waals surface area contributed by atoms with Crippen molar-refractivity contribution in [1.82, 2.24) is 0 Å². The summed E-state index contributed by atoms with van der Waals surface area (Å²) >= 11 is 0. The van der Waals surface area contributed by atoms with Gasteiger partial charge in [0.05, 0.1) is 10.8 Å². The molecule has 2 aromatic carbocycles. The lowest BCUT2D eigenvalue weighted by Gasteiger charge is -2.09. The maximum atomic E-state index is 12.8. The second-order valence-corrected chi connectivity index (χ2v) is 5.80. The SMILES string of the molecule is NCc1ccccc1NC(=O)CS(=O)c1ccc(F)cc1. The lowest BCUT2D eigenvalue weighted by atomic mass is 10.2. The van der Waals surface area contributed by atoms with E-state index in [9.17, 15) is 13.4 Å². The molecule has 3 N–H and O–H groups in total. The van der Waals surface area contributed by atoms with Crippen LogP contribution < -0.4 is 11.1 Å². The van der Waals surface area contributed by atoms with Crippen molar-refractivity contribution in [2.75, 3.05) is 11.1 Å². The number of nitrogens with one attached hydrogen (secondary N) is 1. The lowest BCUT2D eigenvalue weighted by molar-refractivity contribution is -0.113.